The van der Waals surface area contributed by atoms with Gasteiger partial charge in [-0.3, -0.25) is 14.9 Å². The van der Waals surface area contributed by atoms with Gasteiger partial charge in [-0.1, -0.05) is 0 Å². The van der Waals surface area contributed by atoms with Crippen LogP contribution in [0.3, 0.4) is 0 Å². The lowest BCUT2D eigenvalue weighted by Gasteiger charge is -2.22. The van der Waals surface area contributed by atoms with Gasteiger partial charge in [0.25, 0.3) is 0 Å². The molecule has 1 aromatic rings. The average molecular weight is 303 g/mol. The van der Waals surface area contributed by atoms with Gasteiger partial charge in [0, 0.05) is 18.9 Å². The van der Waals surface area contributed by atoms with Crippen LogP contribution >= 0.6 is 0 Å². The number of carbonyl (C=O) groups is 1. The largest absolute Gasteiger partial charge is 0.483 e. The Hall–Kier alpha value is -2.12. The van der Waals surface area contributed by atoms with E-state index in [4.69, 9.17) is 4.74 Å². The van der Waals surface area contributed by atoms with Crippen molar-refractivity contribution in [1.82, 2.24) is 0 Å². The quantitative estimate of drug-likeness (QED) is 0.633. The predicted molar refractivity (Wildman–Crippen MR) is 66.0 cm³/mol. The molecule has 5 nitrogen and oxygen atoms in total. The van der Waals surface area contributed by atoms with Gasteiger partial charge in [0.15, 0.2) is 5.75 Å². The van der Waals surface area contributed by atoms with Crippen LogP contribution in [0.2, 0.25) is 0 Å². The Morgan fingerprint density at radius 3 is 2.62 bits per heavy atom. The number of rotatable bonds is 3. The second-order valence-corrected chi connectivity index (χ2v) is 4.81. The molecule has 0 aliphatic heterocycles. The van der Waals surface area contributed by atoms with Gasteiger partial charge in [0.1, 0.15) is 11.9 Å². The summed E-state index contributed by atoms with van der Waals surface area (Å²) in [5, 5.41) is 10.9. The maximum atomic E-state index is 12.6. The predicted octanol–water partition coefficient (Wildman–Crippen LogP) is 3.50. The van der Waals surface area contributed by atoms with Gasteiger partial charge >= 0.3 is 11.9 Å². The molecule has 0 heterocycles. The molecule has 1 unspecified atom stereocenters. The standard InChI is InChI=1S/C13H12F3NO4/c14-13(15,16)8-4-5-12(11(6-8)17(19)20)21-10-3-1-2-9(18)7-10/h4-6,10H,1-3,7H2. The van der Waals surface area contributed by atoms with Crippen molar-refractivity contribution in [3.8, 4) is 5.75 Å². The highest BCUT2D eigenvalue weighted by atomic mass is 19.4. The normalized spacial score (nSPS) is 19.4. The molecule has 0 aromatic heterocycles. The van der Waals surface area contributed by atoms with Gasteiger partial charge in [-0.05, 0) is 25.0 Å². The highest BCUT2D eigenvalue weighted by molar-refractivity contribution is 5.79. The van der Waals surface area contributed by atoms with Crippen molar-refractivity contribution in [3.63, 3.8) is 0 Å². The molecule has 8 heteroatoms. The molecule has 1 saturated carbocycles. The molecule has 0 bridgehead atoms. The summed E-state index contributed by atoms with van der Waals surface area (Å²) in [5.74, 6) is -0.256. The zero-order valence-corrected chi connectivity index (χ0v) is 10.9. The Labute approximate surface area is 117 Å². The molecule has 21 heavy (non-hydrogen) atoms. The fraction of sp³-hybridized carbons (Fsp3) is 0.462. The Bertz CT molecular complexity index is 571. The molecular formula is C13H12F3NO4. The molecule has 0 saturated heterocycles. The monoisotopic (exact) mass is 303 g/mol. The fourth-order valence-electron chi connectivity index (χ4n) is 2.20. The topological polar surface area (TPSA) is 69.4 Å². The smallest absolute Gasteiger partial charge is 0.416 e. The number of nitro benzene ring substituents is 1. The first-order valence-electron chi connectivity index (χ1n) is 6.31. The minimum atomic E-state index is -4.66. The first-order chi connectivity index (χ1) is 9.77. The summed E-state index contributed by atoms with van der Waals surface area (Å²) >= 11 is 0. The van der Waals surface area contributed by atoms with Crippen LogP contribution in [0, 0.1) is 10.1 Å². The molecule has 0 spiro atoms. The van der Waals surface area contributed by atoms with E-state index in [9.17, 15) is 28.1 Å². The lowest BCUT2D eigenvalue weighted by atomic mass is 9.96. The van der Waals surface area contributed by atoms with Crippen molar-refractivity contribution in [2.24, 2.45) is 0 Å². The van der Waals surface area contributed by atoms with Crippen molar-refractivity contribution in [1.29, 1.82) is 0 Å². The summed E-state index contributed by atoms with van der Waals surface area (Å²) in [6.07, 6.45) is -3.47. The van der Waals surface area contributed by atoms with Crippen LogP contribution in [0.5, 0.6) is 5.75 Å². The van der Waals surface area contributed by atoms with Gasteiger partial charge in [-0.25, -0.2) is 0 Å². The van der Waals surface area contributed by atoms with Gasteiger partial charge < -0.3 is 4.74 Å². The molecule has 0 amide bonds. The third kappa shape index (κ3) is 3.71. The molecule has 114 valence electrons. The zero-order valence-electron chi connectivity index (χ0n) is 10.9. The number of Topliss-reactive ketones (excluding diaryl/α,β-unsaturated/α-hetero) is 1. The van der Waals surface area contributed by atoms with Gasteiger partial charge in [0.05, 0.1) is 10.5 Å². The summed E-state index contributed by atoms with van der Waals surface area (Å²) in [6, 6.07) is 2.10. The molecule has 1 aromatic carbocycles. The van der Waals surface area contributed by atoms with Crippen LogP contribution in [-0.2, 0) is 11.0 Å². The second-order valence-electron chi connectivity index (χ2n) is 4.81. The van der Waals surface area contributed by atoms with Crippen LogP contribution in [0.25, 0.3) is 0 Å². The van der Waals surface area contributed by atoms with Crippen molar-refractivity contribution < 1.29 is 27.6 Å². The van der Waals surface area contributed by atoms with E-state index in [1.807, 2.05) is 0 Å². The number of nitro groups is 1. The molecule has 1 atom stereocenters. The van der Waals surface area contributed by atoms with E-state index in [1.165, 1.54) is 0 Å². The first-order valence-corrected chi connectivity index (χ1v) is 6.31. The SMILES string of the molecule is O=C1CCCC(Oc2ccc(C(F)(F)F)cc2[N+](=O)[O-])C1. The fourth-order valence-corrected chi connectivity index (χ4v) is 2.20. The van der Waals surface area contributed by atoms with Gasteiger partial charge in [-0.15, -0.1) is 0 Å². The van der Waals surface area contributed by atoms with E-state index in [0.717, 1.165) is 12.1 Å². The van der Waals surface area contributed by atoms with E-state index < -0.39 is 28.5 Å². The Balaban J connectivity index is 2.26. The molecule has 2 rings (SSSR count). The number of ketones is 1. The van der Waals surface area contributed by atoms with E-state index in [-0.39, 0.29) is 18.0 Å². The summed E-state index contributed by atoms with van der Waals surface area (Å²) < 4.78 is 43.1. The number of hydrogen-bond acceptors (Lipinski definition) is 4. The van der Waals surface area contributed by atoms with Crippen LogP contribution in [0.4, 0.5) is 18.9 Å². The van der Waals surface area contributed by atoms with Crippen LogP contribution in [0.15, 0.2) is 18.2 Å². The summed E-state index contributed by atoms with van der Waals surface area (Å²) in [4.78, 5) is 21.3. The summed E-state index contributed by atoms with van der Waals surface area (Å²) in [7, 11) is 0. The zero-order chi connectivity index (χ0) is 15.6. The number of ether oxygens (including phenoxy) is 1. The van der Waals surface area contributed by atoms with Crippen molar-refractivity contribution in [2.75, 3.05) is 0 Å². The van der Waals surface area contributed by atoms with E-state index in [1.54, 1.807) is 0 Å². The number of hydrogen-bond donors (Lipinski definition) is 0. The summed E-state index contributed by atoms with van der Waals surface area (Å²) in [5.41, 5.74) is -1.86. The Kier molecular flexibility index (Phi) is 4.15. The van der Waals surface area contributed by atoms with Crippen molar-refractivity contribution >= 4 is 11.5 Å². The first kappa shape index (κ1) is 15.3. The Morgan fingerprint density at radius 1 is 1.33 bits per heavy atom. The molecule has 1 fully saturated rings. The van der Waals surface area contributed by atoms with E-state index >= 15 is 0 Å². The summed E-state index contributed by atoms with van der Waals surface area (Å²) in [6.45, 7) is 0. The molecule has 0 N–H and O–H groups in total. The minimum Gasteiger partial charge on any atom is -0.483 e. The molecule has 1 aliphatic rings. The third-order valence-electron chi connectivity index (χ3n) is 3.21. The highest BCUT2D eigenvalue weighted by Gasteiger charge is 2.34. The molecule has 0 radical (unpaired) electrons. The van der Waals surface area contributed by atoms with Gasteiger partial charge in [0.2, 0.25) is 0 Å². The van der Waals surface area contributed by atoms with Crippen molar-refractivity contribution in [3.05, 3.63) is 33.9 Å². The maximum Gasteiger partial charge on any atom is 0.416 e. The van der Waals surface area contributed by atoms with Crippen molar-refractivity contribution in [2.45, 2.75) is 38.0 Å². The number of carbonyl (C=O) groups excluding carboxylic acids is 1. The lowest BCUT2D eigenvalue weighted by molar-refractivity contribution is -0.386. The minimum absolute atomic E-state index is 0.0131. The number of benzene rings is 1. The highest BCUT2D eigenvalue weighted by Crippen LogP contribution is 2.37. The second kappa shape index (κ2) is 5.71. The van der Waals surface area contributed by atoms with E-state index in [0.29, 0.717) is 25.3 Å². The molecular weight excluding hydrogens is 291 g/mol. The Morgan fingerprint density at radius 2 is 2.05 bits per heavy atom. The lowest BCUT2D eigenvalue weighted by Crippen LogP contribution is -2.25. The number of nitrogens with zero attached hydrogens (tertiary/aromatic N) is 1. The average Bonchev–Trinajstić information content (AvgIpc) is 2.37. The van der Waals surface area contributed by atoms with Crippen LogP contribution < -0.4 is 4.74 Å². The van der Waals surface area contributed by atoms with Crippen LogP contribution in [0.1, 0.15) is 31.2 Å². The van der Waals surface area contributed by atoms with E-state index in [2.05, 4.69) is 0 Å². The third-order valence-corrected chi connectivity index (χ3v) is 3.21. The van der Waals surface area contributed by atoms with Gasteiger partial charge in [-0.2, -0.15) is 13.2 Å². The maximum absolute atomic E-state index is 12.6. The molecule has 1 aliphatic carbocycles. The van der Waals surface area contributed by atoms with Crippen LogP contribution in [-0.4, -0.2) is 16.8 Å². The number of alkyl halides is 3. The number of halogens is 3.